The molecule has 0 amide bonds. The Bertz CT molecular complexity index is 396. The number of hydrogen-bond donors (Lipinski definition) is 1. The summed E-state index contributed by atoms with van der Waals surface area (Å²) in [6.45, 7) is 0.988. The summed E-state index contributed by atoms with van der Waals surface area (Å²) >= 11 is 0. The van der Waals surface area contributed by atoms with E-state index in [-0.39, 0.29) is 12.4 Å². The lowest BCUT2D eigenvalue weighted by molar-refractivity contribution is 0.0830. The van der Waals surface area contributed by atoms with E-state index in [1.54, 1.807) is 0 Å². The van der Waals surface area contributed by atoms with Gasteiger partial charge in [0.05, 0.1) is 0 Å². The molecule has 0 saturated heterocycles. The third-order valence-electron chi connectivity index (χ3n) is 3.34. The average Bonchev–Trinajstić information content (AvgIpc) is 2.35. The number of halogens is 1. The highest BCUT2D eigenvalue weighted by atomic mass is 35.5. The van der Waals surface area contributed by atoms with Gasteiger partial charge in [-0.1, -0.05) is 6.07 Å². The molecule has 1 aliphatic rings. The number of rotatable bonds is 5. The van der Waals surface area contributed by atoms with Gasteiger partial charge in [-0.3, -0.25) is 0 Å². The van der Waals surface area contributed by atoms with E-state index in [4.69, 9.17) is 4.74 Å². The van der Waals surface area contributed by atoms with Gasteiger partial charge in [0.1, 0.15) is 18.5 Å². The zero-order valence-electron chi connectivity index (χ0n) is 11.8. The maximum Gasteiger partial charge on any atom is 0.119 e. The standard InChI is InChI=1S/C15H23NO2.ClH/c1-16(2)10-14(17)11-18-15-8-7-12-5-3-4-6-13(12)9-15;/h7-9,14,17H,3-6,10-11H2,1-2H3;1H. The van der Waals surface area contributed by atoms with Crippen LogP contribution in [0.1, 0.15) is 24.0 Å². The summed E-state index contributed by atoms with van der Waals surface area (Å²) in [7, 11) is 3.89. The molecule has 1 aromatic carbocycles. The first-order chi connectivity index (χ1) is 8.65. The van der Waals surface area contributed by atoms with Crippen LogP contribution in [-0.4, -0.2) is 43.4 Å². The zero-order chi connectivity index (χ0) is 13.0. The highest BCUT2D eigenvalue weighted by molar-refractivity contribution is 5.85. The first-order valence-corrected chi connectivity index (χ1v) is 6.72. The summed E-state index contributed by atoms with van der Waals surface area (Å²) < 4.78 is 5.66. The number of fused-ring (bicyclic) bond motifs is 1. The quantitative estimate of drug-likeness (QED) is 0.901. The van der Waals surface area contributed by atoms with E-state index in [0.29, 0.717) is 13.2 Å². The molecular weight excluding hydrogens is 262 g/mol. The number of aliphatic hydroxyl groups is 1. The van der Waals surface area contributed by atoms with Crippen molar-refractivity contribution in [3.8, 4) is 5.75 Å². The summed E-state index contributed by atoms with van der Waals surface area (Å²) in [5.74, 6) is 0.883. The van der Waals surface area contributed by atoms with Crippen molar-refractivity contribution >= 4 is 12.4 Å². The number of benzene rings is 1. The topological polar surface area (TPSA) is 32.7 Å². The molecule has 1 N–H and O–H groups in total. The summed E-state index contributed by atoms with van der Waals surface area (Å²) in [6.07, 6.45) is 4.50. The molecule has 4 heteroatoms. The number of likely N-dealkylation sites (N-methyl/N-ethyl adjacent to an activating group) is 1. The molecule has 108 valence electrons. The van der Waals surface area contributed by atoms with Crippen molar-refractivity contribution in [1.82, 2.24) is 4.90 Å². The van der Waals surface area contributed by atoms with Gasteiger partial charge in [-0.2, -0.15) is 0 Å². The normalized spacial score (nSPS) is 15.6. The van der Waals surface area contributed by atoms with Crippen LogP contribution in [0.4, 0.5) is 0 Å². The van der Waals surface area contributed by atoms with Crippen molar-refractivity contribution in [2.75, 3.05) is 27.2 Å². The van der Waals surface area contributed by atoms with Crippen LogP contribution in [-0.2, 0) is 12.8 Å². The molecule has 0 heterocycles. The summed E-state index contributed by atoms with van der Waals surface area (Å²) in [5.41, 5.74) is 2.88. The van der Waals surface area contributed by atoms with E-state index in [9.17, 15) is 5.11 Å². The van der Waals surface area contributed by atoms with Crippen molar-refractivity contribution in [3.63, 3.8) is 0 Å². The Labute approximate surface area is 122 Å². The van der Waals surface area contributed by atoms with E-state index in [1.807, 2.05) is 25.1 Å². The first-order valence-electron chi connectivity index (χ1n) is 6.72. The fraction of sp³-hybridized carbons (Fsp3) is 0.600. The minimum Gasteiger partial charge on any atom is -0.491 e. The Kier molecular flexibility index (Phi) is 6.63. The van der Waals surface area contributed by atoms with Gasteiger partial charge in [0.15, 0.2) is 0 Å². The van der Waals surface area contributed by atoms with Crippen molar-refractivity contribution in [2.24, 2.45) is 0 Å². The monoisotopic (exact) mass is 285 g/mol. The van der Waals surface area contributed by atoms with E-state index in [2.05, 4.69) is 12.1 Å². The molecule has 1 aliphatic carbocycles. The predicted molar refractivity (Wildman–Crippen MR) is 80.4 cm³/mol. The van der Waals surface area contributed by atoms with Crippen LogP contribution in [0, 0.1) is 0 Å². The van der Waals surface area contributed by atoms with Gasteiger partial charge in [0.2, 0.25) is 0 Å². The fourth-order valence-corrected chi connectivity index (χ4v) is 2.47. The van der Waals surface area contributed by atoms with Gasteiger partial charge >= 0.3 is 0 Å². The summed E-state index contributed by atoms with van der Waals surface area (Å²) in [5, 5.41) is 9.75. The Hall–Kier alpha value is -0.770. The third-order valence-corrected chi connectivity index (χ3v) is 3.34. The molecule has 0 fully saturated rings. The molecule has 1 unspecified atom stereocenters. The zero-order valence-corrected chi connectivity index (χ0v) is 12.6. The minimum absolute atomic E-state index is 0. The predicted octanol–water partition coefficient (Wildman–Crippen LogP) is 2.29. The second-order valence-corrected chi connectivity index (χ2v) is 5.36. The average molecular weight is 286 g/mol. The molecule has 0 spiro atoms. The molecule has 2 rings (SSSR count). The van der Waals surface area contributed by atoms with Gasteiger partial charge in [0.25, 0.3) is 0 Å². The van der Waals surface area contributed by atoms with Gasteiger partial charge < -0.3 is 14.7 Å². The minimum atomic E-state index is -0.434. The van der Waals surface area contributed by atoms with Crippen LogP contribution >= 0.6 is 12.4 Å². The summed E-state index contributed by atoms with van der Waals surface area (Å²) in [6, 6.07) is 6.32. The Morgan fingerprint density at radius 1 is 1.21 bits per heavy atom. The Morgan fingerprint density at radius 2 is 1.89 bits per heavy atom. The molecule has 0 saturated carbocycles. The highest BCUT2D eigenvalue weighted by Crippen LogP contribution is 2.25. The lowest BCUT2D eigenvalue weighted by Gasteiger charge is -2.19. The van der Waals surface area contributed by atoms with Crippen molar-refractivity contribution in [1.29, 1.82) is 0 Å². The number of aliphatic hydroxyl groups excluding tert-OH is 1. The van der Waals surface area contributed by atoms with Crippen molar-refractivity contribution < 1.29 is 9.84 Å². The molecule has 1 aromatic rings. The van der Waals surface area contributed by atoms with Gasteiger partial charge in [0, 0.05) is 6.54 Å². The second-order valence-electron chi connectivity index (χ2n) is 5.36. The van der Waals surface area contributed by atoms with E-state index >= 15 is 0 Å². The van der Waals surface area contributed by atoms with Crippen LogP contribution in [0.25, 0.3) is 0 Å². The molecule has 19 heavy (non-hydrogen) atoms. The lowest BCUT2D eigenvalue weighted by Crippen LogP contribution is -2.30. The van der Waals surface area contributed by atoms with E-state index in [0.717, 1.165) is 12.2 Å². The van der Waals surface area contributed by atoms with Gasteiger partial charge in [-0.25, -0.2) is 0 Å². The SMILES string of the molecule is CN(C)CC(O)COc1ccc2c(c1)CCCC2.Cl. The van der Waals surface area contributed by atoms with Crippen molar-refractivity contribution in [3.05, 3.63) is 29.3 Å². The van der Waals surface area contributed by atoms with Crippen LogP contribution in [0.5, 0.6) is 5.75 Å². The lowest BCUT2D eigenvalue weighted by atomic mass is 9.92. The molecule has 1 atom stereocenters. The largest absolute Gasteiger partial charge is 0.491 e. The fourth-order valence-electron chi connectivity index (χ4n) is 2.47. The number of hydrogen-bond acceptors (Lipinski definition) is 3. The molecule has 0 radical (unpaired) electrons. The number of nitrogens with zero attached hydrogens (tertiary/aromatic N) is 1. The van der Waals surface area contributed by atoms with Crippen LogP contribution in [0.3, 0.4) is 0 Å². The van der Waals surface area contributed by atoms with Crippen molar-refractivity contribution in [2.45, 2.75) is 31.8 Å². The Morgan fingerprint density at radius 3 is 2.58 bits per heavy atom. The maximum absolute atomic E-state index is 9.75. The Balaban J connectivity index is 0.00000180. The molecule has 0 aliphatic heterocycles. The molecule has 0 aromatic heterocycles. The molecular formula is C15H24ClNO2. The smallest absolute Gasteiger partial charge is 0.119 e. The number of aryl methyl sites for hydroxylation is 2. The van der Waals surface area contributed by atoms with Crippen LogP contribution in [0.15, 0.2) is 18.2 Å². The highest BCUT2D eigenvalue weighted by Gasteiger charge is 2.11. The second kappa shape index (κ2) is 7.73. The molecule has 3 nitrogen and oxygen atoms in total. The van der Waals surface area contributed by atoms with Gasteiger partial charge in [-0.05, 0) is 63.0 Å². The first kappa shape index (κ1) is 16.3. The summed E-state index contributed by atoms with van der Waals surface area (Å²) in [4.78, 5) is 1.96. The maximum atomic E-state index is 9.75. The third kappa shape index (κ3) is 5.01. The van der Waals surface area contributed by atoms with E-state index < -0.39 is 6.10 Å². The van der Waals surface area contributed by atoms with Crippen LogP contribution < -0.4 is 4.74 Å². The van der Waals surface area contributed by atoms with Gasteiger partial charge in [-0.15, -0.1) is 12.4 Å². The molecule has 0 bridgehead atoms. The van der Waals surface area contributed by atoms with Crippen LogP contribution in [0.2, 0.25) is 0 Å². The van der Waals surface area contributed by atoms with E-state index in [1.165, 1.54) is 30.4 Å². The number of ether oxygens (including phenoxy) is 1.